The summed E-state index contributed by atoms with van der Waals surface area (Å²) in [5.74, 6) is -0.335. The average molecular weight is 485 g/mol. The Kier molecular flexibility index (Phi) is 7.19. The first-order chi connectivity index (χ1) is 15.9. The Morgan fingerprint density at radius 1 is 1.24 bits per heavy atom. The van der Waals surface area contributed by atoms with Crippen LogP contribution in [0, 0.1) is 13.8 Å². The van der Waals surface area contributed by atoms with E-state index in [4.69, 9.17) is 4.98 Å². The van der Waals surface area contributed by atoms with Gasteiger partial charge in [0.2, 0.25) is 5.91 Å². The lowest BCUT2D eigenvalue weighted by molar-refractivity contribution is -0.113. The van der Waals surface area contributed by atoms with Gasteiger partial charge in [0.1, 0.15) is 4.83 Å². The minimum atomic E-state index is -0.249. The number of hydrogen-bond acceptors (Lipinski definition) is 6. The number of aryl methyl sites for hydroxylation is 2. The molecule has 0 unspecified atom stereocenters. The molecule has 7 nitrogen and oxygen atoms in total. The van der Waals surface area contributed by atoms with E-state index < -0.39 is 0 Å². The van der Waals surface area contributed by atoms with Crippen molar-refractivity contribution in [3.63, 3.8) is 0 Å². The van der Waals surface area contributed by atoms with Crippen LogP contribution in [0.3, 0.4) is 0 Å². The van der Waals surface area contributed by atoms with Crippen molar-refractivity contribution in [1.29, 1.82) is 0 Å². The lowest BCUT2D eigenvalue weighted by Crippen LogP contribution is -2.27. The summed E-state index contributed by atoms with van der Waals surface area (Å²) in [5, 5.41) is 7.04. The van der Waals surface area contributed by atoms with Crippen molar-refractivity contribution >= 4 is 50.8 Å². The van der Waals surface area contributed by atoms with E-state index in [1.54, 1.807) is 28.8 Å². The number of nitrogens with one attached hydrogen (secondary N) is 2. The first kappa shape index (κ1) is 23.5. The maximum Gasteiger partial charge on any atom is 0.263 e. The van der Waals surface area contributed by atoms with Crippen molar-refractivity contribution < 1.29 is 9.59 Å². The van der Waals surface area contributed by atoms with Gasteiger partial charge < -0.3 is 10.6 Å². The number of anilines is 1. The highest BCUT2D eigenvalue weighted by molar-refractivity contribution is 7.99. The summed E-state index contributed by atoms with van der Waals surface area (Å²) in [6, 6.07) is 7.24. The minimum absolute atomic E-state index is 0.0414. The molecule has 1 fully saturated rings. The Hall–Kier alpha value is -2.65. The Morgan fingerprint density at radius 3 is 2.73 bits per heavy atom. The fraction of sp³-hybridized carbons (Fsp3) is 0.417. The highest BCUT2D eigenvalue weighted by Gasteiger charge is 2.25. The summed E-state index contributed by atoms with van der Waals surface area (Å²) in [7, 11) is 0. The zero-order chi connectivity index (χ0) is 23.5. The number of carbonyl (C=O) groups is 2. The lowest BCUT2D eigenvalue weighted by atomic mass is 10.1. The highest BCUT2D eigenvalue weighted by atomic mass is 32.2. The summed E-state index contributed by atoms with van der Waals surface area (Å²) in [6.07, 6.45) is 3.81. The number of amides is 2. The third-order valence-corrected chi connectivity index (χ3v) is 7.76. The van der Waals surface area contributed by atoms with Gasteiger partial charge in [0.05, 0.1) is 22.4 Å². The average Bonchev–Trinajstić information content (AvgIpc) is 3.56. The number of carbonyl (C=O) groups excluding carboxylic acids is 2. The van der Waals surface area contributed by atoms with Crippen molar-refractivity contribution in [3.8, 4) is 0 Å². The fourth-order valence-corrected chi connectivity index (χ4v) is 5.43. The quantitative estimate of drug-likeness (QED) is 0.345. The summed E-state index contributed by atoms with van der Waals surface area (Å²) >= 11 is 2.76. The molecule has 174 valence electrons. The van der Waals surface area contributed by atoms with Crippen molar-refractivity contribution in [3.05, 3.63) is 50.6 Å². The van der Waals surface area contributed by atoms with Crippen LogP contribution >= 0.6 is 23.1 Å². The molecule has 9 heteroatoms. The standard InChI is InChI=1S/C24H28N4O3S2/c1-4-5-12-28-23(31)20-14(2)15(3)33-22(20)27-24(28)32-13-19(29)26-18-9-7-6-8-17(18)21(30)25-16-10-11-16/h6-9,16H,4-5,10-13H2,1-3H3,(H,25,30)(H,26,29). The van der Waals surface area contributed by atoms with Gasteiger partial charge in [-0.2, -0.15) is 0 Å². The van der Waals surface area contributed by atoms with Crippen LogP contribution in [0.25, 0.3) is 10.2 Å². The van der Waals surface area contributed by atoms with Crippen LogP contribution < -0.4 is 16.2 Å². The molecule has 2 N–H and O–H groups in total. The second-order valence-electron chi connectivity index (χ2n) is 8.30. The second-order valence-corrected chi connectivity index (χ2v) is 10.4. The molecule has 0 atom stereocenters. The largest absolute Gasteiger partial charge is 0.349 e. The molecule has 0 bridgehead atoms. The van der Waals surface area contributed by atoms with Crippen LogP contribution in [-0.2, 0) is 11.3 Å². The van der Waals surface area contributed by atoms with Gasteiger partial charge in [-0.05, 0) is 50.8 Å². The zero-order valence-electron chi connectivity index (χ0n) is 19.1. The van der Waals surface area contributed by atoms with Gasteiger partial charge in [-0.25, -0.2) is 4.98 Å². The number of aromatic nitrogens is 2. The third-order valence-electron chi connectivity index (χ3n) is 5.68. The van der Waals surface area contributed by atoms with Gasteiger partial charge in [-0.1, -0.05) is 37.2 Å². The molecule has 2 aromatic heterocycles. The molecule has 1 saturated carbocycles. The number of thioether (sulfide) groups is 1. The van der Waals surface area contributed by atoms with E-state index in [9.17, 15) is 14.4 Å². The molecule has 1 aromatic carbocycles. The molecule has 0 saturated heterocycles. The molecule has 2 heterocycles. The number of hydrogen-bond donors (Lipinski definition) is 2. The van der Waals surface area contributed by atoms with Crippen molar-refractivity contribution in [2.45, 2.75) is 64.2 Å². The summed E-state index contributed by atoms with van der Waals surface area (Å²) in [5.41, 5.74) is 1.87. The normalized spacial score (nSPS) is 13.3. The monoisotopic (exact) mass is 484 g/mol. The fourth-order valence-electron chi connectivity index (χ4n) is 3.53. The van der Waals surface area contributed by atoms with Gasteiger partial charge in [0, 0.05) is 17.5 Å². The molecule has 0 aliphatic heterocycles. The minimum Gasteiger partial charge on any atom is -0.349 e. The molecule has 1 aliphatic rings. The number of thiophene rings is 1. The lowest BCUT2D eigenvalue weighted by Gasteiger charge is -2.13. The van der Waals surface area contributed by atoms with Gasteiger partial charge in [0.15, 0.2) is 5.16 Å². The molecule has 33 heavy (non-hydrogen) atoms. The maximum absolute atomic E-state index is 13.2. The number of benzene rings is 1. The zero-order valence-corrected chi connectivity index (χ0v) is 20.7. The summed E-state index contributed by atoms with van der Waals surface area (Å²) < 4.78 is 1.69. The van der Waals surface area contributed by atoms with E-state index in [-0.39, 0.29) is 29.2 Å². The van der Waals surface area contributed by atoms with Gasteiger partial charge in [-0.3, -0.25) is 19.0 Å². The molecule has 4 rings (SSSR count). The molecule has 2 amide bonds. The second kappa shape index (κ2) is 10.1. The van der Waals surface area contributed by atoms with Crippen molar-refractivity contribution in [2.75, 3.05) is 11.1 Å². The number of unbranched alkanes of at least 4 members (excludes halogenated alkanes) is 1. The molecule has 3 aromatic rings. The number of para-hydroxylation sites is 1. The Bertz CT molecular complexity index is 1260. The first-order valence-corrected chi connectivity index (χ1v) is 13.0. The van der Waals surface area contributed by atoms with E-state index in [0.717, 1.165) is 36.1 Å². The number of rotatable bonds is 9. The number of nitrogens with zero attached hydrogens (tertiary/aromatic N) is 2. The van der Waals surface area contributed by atoms with E-state index in [1.807, 2.05) is 13.8 Å². The summed E-state index contributed by atoms with van der Waals surface area (Å²) in [6.45, 7) is 6.60. The maximum atomic E-state index is 13.2. The predicted molar refractivity (Wildman–Crippen MR) is 135 cm³/mol. The molecule has 0 spiro atoms. The highest BCUT2D eigenvalue weighted by Crippen LogP contribution is 2.29. The van der Waals surface area contributed by atoms with Crippen LogP contribution in [0.1, 0.15) is 53.4 Å². The van der Waals surface area contributed by atoms with Crippen molar-refractivity contribution in [2.24, 2.45) is 0 Å². The smallest absolute Gasteiger partial charge is 0.263 e. The predicted octanol–water partition coefficient (Wildman–Crippen LogP) is 4.50. The summed E-state index contributed by atoms with van der Waals surface area (Å²) in [4.78, 5) is 45.0. The van der Waals surface area contributed by atoms with Crippen LogP contribution in [0.5, 0.6) is 0 Å². The van der Waals surface area contributed by atoms with E-state index in [0.29, 0.717) is 33.2 Å². The van der Waals surface area contributed by atoms with Crippen LogP contribution in [0.2, 0.25) is 0 Å². The van der Waals surface area contributed by atoms with E-state index in [2.05, 4.69) is 17.6 Å². The van der Waals surface area contributed by atoms with E-state index >= 15 is 0 Å². The van der Waals surface area contributed by atoms with E-state index in [1.165, 1.54) is 23.1 Å². The Labute approximate surface area is 201 Å². The van der Waals surface area contributed by atoms with Crippen LogP contribution in [0.4, 0.5) is 5.69 Å². The molecule has 1 aliphatic carbocycles. The topological polar surface area (TPSA) is 93.1 Å². The van der Waals surface area contributed by atoms with Crippen molar-refractivity contribution in [1.82, 2.24) is 14.9 Å². The Balaban J connectivity index is 1.52. The molecular formula is C24H28N4O3S2. The van der Waals surface area contributed by atoms with Gasteiger partial charge in [0.25, 0.3) is 11.5 Å². The molecular weight excluding hydrogens is 456 g/mol. The first-order valence-electron chi connectivity index (χ1n) is 11.2. The SMILES string of the molecule is CCCCn1c(SCC(=O)Nc2ccccc2C(=O)NC2CC2)nc2sc(C)c(C)c2c1=O. The van der Waals surface area contributed by atoms with Gasteiger partial charge in [-0.15, -0.1) is 11.3 Å². The van der Waals surface area contributed by atoms with Crippen LogP contribution in [0.15, 0.2) is 34.2 Å². The Morgan fingerprint density at radius 2 is 2.00 bits per heavy atom. The van der Waals surface area contributed by atoms with Crippen LogP contribution in [-0.4, -0.2) is 33.2 Å². The van der Waals surface area contributed by atoms with Gasteiger partial charge >= 0.3 is 0 Å². The molecule has 0 radical (unpaired) electrons. The number of fused-ring (bicyclic) bond motifs is 1. The third kappa shape index (κ3) is 5.30.